The molecule has 0 heterocycles. The van der Waals surface area contributed by atoms with Gasteiger partial charge in [-0.3, -0.25) is 4.79 Å². The van der Waals surface area contributed by atoms with Crippen LogP contribution >= 0.6 is 0 Å². The molecule has 0 spiro atoms. The molecule has 4 heteroatoms. The summed E-state index contributed by atoms with van der Waals surface area (Å²) >= 11 is 0. The summed E-state index contributed by atoms with van der Waals surface area (Å²) in [5, 5.41) is 0. The third-order valence-corrected chi connectivity index (χ3v) is 4.27. The Morgan fingerprint density at radius 1 is 1.14 bits per heavy atom. The Balaban J connectivity index is 1.81. The maximum atomic E-state index is 13.3. The zero-order valence-electron chi connectivity index (χ0n) is 12.4. The quantitative estimate of drug-likeness (QED) is 0.743. The molecular formula is C17H22F2O2. The molecular weight excluding hydrogens is 274 g/mol. The second-order valence-electron chi connectivity index (χ2n) is 5.76. The maximum Gasteiger partial charge on any atom is 0.305 e. The summed E-state index contributed by atoms with van der Waals surface area (Å²) in [6, 6.07) is 3.79. The minimum absolute atomic E-state index is 0.133. The van der Waals surface area contributed by atoms with E-state index in [4.69, 9.17) is 4.74 Å². The molecule has 2 nitrogen and oxygen atoms in total. The minimum atomic E-state index is -0.505. The summed E-state index contributed by atoms with van der Waals surface area (Å²) in [6.45, 7) is 2.23. The average molecular weight is 296 g/mol. The Hall–Kier alpha value is -1.45. The molecule has 116 valence electrons. The van der Waals surface area contributed by atoms with Crippen molar-refractivity contribution >= 4 is 5.97 Å². The van der Waals surface area contributed by atoms with Crippen LogP contribution in [0.15, 0.2) is 18.2 Å². The van der Waals surface area contributed by atoms with E-state index in [0.717, 1.165) is 43.7 Å². The molecule has 0 amide bonds. The lowest BCUT2D eigenvalue weighted by atomic mass is 9.77. The fourth-order valence-corrected chi connectivity index (χ4v) is 3.15. The molecule has 1 aromatic rings. The number of rotatable bonds is 5. The van der Waals surface area contributed by atoms with Crippen molar-refractivity contribution < 1.29 is 18.3 Å². The predicted octanol–water partition coefficient (Wildman–Crippen LogP) is 4.58. The summed E-state index contributed by atoms with van der Waals surface area (Å²) < 4.78 is 31.4. The van der Waals surface area contributed by atoms with E-state index in [1.807, 2.05) is 0 Å². The van der Waals surface area contributed by atoms with Crippen LogP contribution in [0.2, 0.25) is 0 Å². The van der Waals surface area contributed by atoms with Crippen molar-refractivity contribution in [2.75, 3.05) is 6.61 Å². The van der Waals surface area contributed by atoms with Crippen LogP contribution in [0, 0.1) is 17.6 Å². The van der Waals surface area contributed by atoms with E-state index in [1.165, 1.54) is 12.1 Å². The third kappa shape index (κ3) is 4.80. The van der Waals surface area contributed by atoms with Gasteiger partial charge in [-0.15, -0.1) is 0 Å². The minimum Gasteiger partial charge on any atom is -0.466 e. The average Bonchev–Trinajstić information content (AvgIpc) is 2.45. The summed E-state index contributed by atoms with van der Waals surface area (Å²) in [6.07, 6.45) is 5.18. The number of carbonyl (C=O) groups excluding carboxylic acids is 1. The third-order valence-electron chi connectivity index (χ3n) is 4.27. The Morgan fingerprint density at radius 2 is 1.76 bits per heavy atom. The molecule has 21 heavy (non-hydrogen) atoms. The van der Waals surface area contributed by atoms with Gasteiger partial charge in [0, 0.05) is 12.5 Å². The molecule has 0 atom stereocenters. The Morgan fingerprint density at radius 3 is 2.33 bits per heavy atom. The predicted molar refractivity (Wildman–Crippen MR) is 76.9 cm³/mol. The smallest absolute Gasteiger partial charge is 0.305 e. The van der Waals surface area contributed by atoms with E-state index >= 15 is 0 Å². The molecule has 0 N–H and O–H groups in total. The van der Waals surface area contributed by atoms with E-state index in [2.05, 4.69) is 0 Å². The first-order chi connectivity index (χ1) is 10.1. The van der Waals surface area contributed by atoms with Crippen molar-refractivity contribution in [3.63, 3.8) is 0 Å². The molecule has 0 bridgehead atoms. The van der Waals surface area contributed by atoms with Crippen LogP contribution in [0.5, 0.6) is 0 Å². The second-order valence-corrected chi connectivity index (χ2v) is 5.76. The number of ether oxygens (including phenoxy) is 1. The zero-order valence-corrected chi connectivity index (χ0v) is 12.4. The monoisotopic (exact) mass is 296 g/mol. The topological polar surface area (TPSA) is 26.3 Å². The largest absolute Gasteiger partial charge is 0.466 e. The Bertz CT molecular complexity index is 459. The molecule has 1 saturated carbocycles. The first-order valence-corrected chi connectivity index (χ1v) is 7.70. The molecule has 1 aliphatic rings. The lowest BCUT2D eigenvalue weighted by Gasteiger charge is -2.28. The molecule has 0 radical (unpaired) electrons. The van der Waals surface area contributed by atoms with Crippen LogP contribution in [0.25, 0.3) is 0 Å². The number of hydrogen-bond acceptors (Lipinski definition) is 2. The fourth-order valence-electron chi connectivity index (χ4n) is 3.15. The van der Waals surface area contributed by atoms with Crippen LogP contribution in [0.1, 0.15) is 56.9 Å². The maximum absolute atomic E-state index is 13.3. The highest BCUT2D eigenvalue weighted by Gasteiger charge is 2.23. The van der Waals surface area contributed by atoms with Gasteiger partial charge < -0.3 is 4.74 Å². The molecule has 0 unspecified atom stereocenters. The molecule has 0 aromatic heterocycles. The number of esters is 1. The van der Waals surface area contributed by atoms with Crippen molar-refractivity contribution in [3.05, 3.63) is 35.4 Å². The molecule has 1 aliphatic carbocycles. The molecule has 0 saturated heterocycles. The van der Waals surface area contributed by atoms with Gasteiger partial charge in [-0.1, -0.05) is 0 Å². The van der Waals surface area contributed by atoms with Gasteiger partial charge in [-0.2, -0.15) is 0 Å². The van der Waals surface area contributed by atoms with Gasteiger partial charge in [-0.05, 0) is 68.6 Å². The molecule has 1 fully saturated rings. The van der Waals surface area contributed by atoms with Crippen molar-refractivity contribution in [2.24, 2.45) is 5.92 Å². The van der Waals surface area contributed by atoms with Crippen LogP contribution < -0.4 is 0 Å². The first-order valence-electron chi connectivity index (χ1n) is 7.70. The van der Waals surface area contributed by atoms with Crippen LogP contribution in [-0.4, -0.2) is 12.6 Å². The number of hydrogen-bond donors (Lipinski definition) is 0. The highest BCUT2D eigenvalue weighted by molar-refractivity contribution is 5.69. The number of halogens is 2. The Kier molecular flexibility index (Phi) is 5.71. The van der Waals surface area contributed by atoms with E-state index in [1.54, 1.807) is 6.92 Å². The zero-order chi connectivity index (χ0) is 15.2. The molecule has 0 aliphatic heterocycles. The highest BCUT2D eigenvalue weighted by atomic mass is 19.1. The van der Waals surface area contributed by atoms with E-state index in [0.29, 0.717) is 18.9 Å². The van der Waals surface area contributed by atoms with Crippen molar-refractivity contribution in [1.29, 1.82) is 0 Å². The van der Waals surface area contributed by atoms with Crippen LogP contribution in [0.3, 0.4) is 0 Å². The van der Waals surface area contributed by atoms with Gasteiger partial charge >= 0.3 is 5.97 Å². The normalized spacial score (nSPS) is 22.0. The van der Waals surface area contributed by atoms with Crippen molar-refractivity contribution in [3.8, 4) is 0 Å². The molecule has 2 rings (SSSR count). The van der Waals surface area contributed by atoms with Gasteiger partial charge in [0.15, 0.2) is 0 Å². The van der Waals surface area contributed by atoms with E-state index in [9.17, 15) is 13.6 Å². The lowest BCUT2D eigenvalue weighted by molar-refractivity contribution is -0.143. The SMILES string of the molecule is CCOC(=O)CCC1CCC(c2cc(F)cc(F)c2)CC1. The summed E-state index contributed by atoms with van der Waals surface area (Å²) in [4.78, 5) is 11.3. The number of benzene rings is 1. The van der Waals surface area contributed by atoms with Gasteiger partial charge in [0.1, 0.15) is 11.6 Å². The van der Waals surface area contributed by atoms with Gasteiger partial charge in [-0.25, -0.2) is 8.78 Å². The highest BCUT2D eigenvalue weighted by Crippen LogP contribution is 2.37. The number of carbonyl (C=O) groups is 1. The summed E-state index contributed by atoms with van der Waals surface area (Å²) in [5.41, 5.74) is 0.761. The molecule has 1 aromatic carbocycles. The van der Waals surface area contributed by atoms with E-state index in [-0.39, 0.29) is 11.9 Å². The van der Waals surface area contributed by atoms with Gasteiger partial charge in [0.25, 0.3) is 0 Å². The Labute approximate surface area is 124 Å². The summed E-state index contributed by atoms with van der Waals surface area (Å²) in [7, 11) is 0. The summed E-state index contributed by atoms with van der Waals surface area (Å²) in [5.74, 6) is -0.395. The second kappa shape index (κ2) is 7.53. The van der Waals surface area contributed by atoms with E-state index < -0.39 is 11.6 Å². The van der Waals surface area contributed by atoms with Crippen LogP contribution in [0.4, 0.5) is 8.78 Å². The standard InChI is InChI=1S/C17H22F2O2/c1-2-21-17(20)8-5-12-3-6-13(7-4-12)14-9-15(18)11-16(19)10-14/h9-13H,2-8H2,1H3. The van der Waals surface area contributed by atoms with Crippen LogP contribution in [-0.2, 0) is 9.53 Å². The first kappa shape index (κ1) is 15.9. The van der Waals surface area contributed by atoms with Gasteiger partial charge in [0.2, 0.25) is 0 Å². The lowest BCUT2D eigenvalue weighted by Crippen LogP contribution is -2.15. The van der Waals surface area contributed by atoms with Crippen molar-refractivity contribution in [2.45, 2.75) is 51.4 Å². The van der Waals surface area contributed by atoms with Gasteiger partial charge in [0.05, 0.1) is 6.61 Å². The van der Waals surface area contributed by atoms with Crippen molar-refractivity contribution in [1.82, 2.24) is 0 Å². The fraction of sp³-hybridized carbons (Fsp3) is 0.588.